The number of ketones is 1. The largest absolute Gasteiger partial charge is 0.454 e. The zero-order valence-electron chi connectivity index (χ0n) is 13.7. The average Bonchev–Trinajstić information content (AvgIpc) is 2.99. The summed E-state index contributed by atoms with van der Waals surface area (Å²) < 4.78 is 11.0. The monoisotopic (exact) mass is 314 g/mol. The van der Waals surface area contributed by atoms with Crippen molar-refractivity contribution in [1.29, 1.82) is 0 Å². The lowest BCUT2D eigenvalue weighted by atomic mass is 9.60. The van der Waals surface area contributed by atoms with Crippen LogP contribution < -0.4 is 9.47 Å². The fourth-order valence-corrected chi connectivity index (χ4v) is 5.27. The van der Waals surface area contributed by atoms with Crippen molar-refractivity contribution in [2.75, 3.05) is 33.0 Å². The Labute approximate surface area is 136 Å². The third kappa shape index (κ3) is 1.67. The van der Waals surface area contributed by atoms with E-state index in [9.17, 15) is 4.79 Å². The predicted molar refractivity (Wildman–Crippen MR) is 84.3 cm³/mol. The standard InChI is InChI=1S/C18H22N2O3/c1-3-18-9-19-7-17(2,16(18)21)8-20(10-18)15(19)12-4-5-13-14(6-12)23-11-22-13/h4-6,15H,3,7-11H2,1-2H3. The molecule has 4 bridgehead atoms. The summed E-state index contributed by atoms with van der Waals surface area (Å²) >= 11 is 0. The SMILES string of the molecule is CCC12CN3CC(C)(CN(C1)C3c1ccc3c(c1)OCO3)C2=O. The van der Waals surface area contributed by atoms with E-state index in [1.54, 1.807) is 0 Å². The molecule has 1 aromatic rings. The average molecular weight is 314 g/mol. The van der Waals surface area contributed by atoms with Crippen molar-refractivity contribution in [2.24, 2.45) is 10.8 Å². The molecule has 0 aromatic heterocycles. The first-order valence-corrected chi connectivity index (χ1v) is 8.47. The van der Waals surface area contributed by atoms with Crippen LogP contribution in [0.15, 0.2) is 18.2 Å². The summed E-state index contributed by atoms with van der Waals surface area (Å²) in [6, 6.07) is 6.26. The van der Waals surface area contributed by atoms with Crippen molar-refractivity contribution in [3.63, 3.8) is 0 Å². The van der Waals surface area contributed by atoms with Gasteiger partial charge in [0.25, 0.3) is 0 Å². The maximum atomic E-state index is 13.0. The van der Waals surface area contributed by atoms with Crippen molar-refractivity contribution >= 4 is 5.78 Å². The van der Waals surface area contributed by atoms with E-state index in [-0.39, 0.29) is 17.0 Å². The molecule has 0 saturated carbocycles. The van der Waals surface area contributed by atoms with Gasteiger partial charge in [-0.2, -0.15) is 0 Å². The van der Waals surface area contributed by atoms with Crippen LogP contribution in [0.3, 0.4) is 0 Å². The first-order valence-electron chi connectivity index (χ1n) is 8.47. The van der Waals surface area contributed by atoms with Gasteiger partial charge in [-0.3, -0.25) is 14.6 Å². The number of rotatable bonds is 2. The summed E-state index contributed by atoms with van der Waals surface area (Å²) in [5.74, 6) is 2.16. The normalized spacial score (nSPS) is 43.2. The minimum absolute atomic E-state index is 0.169. The molecule has 0 spiro atoms. The van der Waals surface area contributed by atoms with Crippen LogP contribution in [0.4, 0.5) is 0 Å². The van der Waals surface area contributed by atoms with E-state index >= 15 is 0 Å². The summed E-state index contributed by atoms with van der Waals surface area (Å²) in [6.07, 6.45) is 1.19. The fraction of sp³-hybridized carbons (Fsp3) is 0.611. The molecule has 23 heavy (non-hydrogen) atoms. The van der Waals surface area contributed by atoms with Gasteiger partial charge in [-0.1, -0.05) is 19.9 Å². The molecule has 0 amide bonds. The van der Waals surface area contributed by atoms with E-state index in [1.807, 2.05) is 6.07 Å². The minimum Gasteiger partial charge on any atom is -0.454 e. The maximum absolute atomic E-state index is 13.0. The predicted octanol–water partition coefficient (Wildman–Crippen LogP) is 2.03. The first kappa shape index (κ1) is 13.8. The molecule has 2 unspecified atom stereocenters. The van der Waals surface area contributed by atoms with Crippen LogP contribution in [0.25, 0.3) is 0 Å². The Bertz CT molecular complexity index is 686. The van der Waals surface area contributed by atoms with Crippen molar-refractivity contribution in [1.82, 2.24) is 9.80 Å². The van der Waals surface area contributed by atoms with Gasteiger partial charge >= 0.3 is 0 Å². The highest BCUT2D eigenvalue weighted by atomic mass is 16.7. The highest BCUT2D eigenvalue weighted by Crippen LogP contribution is 2.53. The molecular formula is C18H22N2O3. The molecule has 0 aliphatic carbocycles. The van der Waals surface area contributed by atoms with Gasteiger partial charge in [0.1, 0.15) is 5.78 Å². The second kappa shape index (κ2) is 4.28. The lowest BCUT2D eigenvalue weighted by Gasteiger charge is -2.65. The van der Waals surface area contributed by atoms with Gasteiger partial charge in [-0.05, 0) is 24.1 Å². The molecule has 5 nitrogen and oxygen atoms in total. The second-order valence-electron chi connectivity index (χ2n) is 7.82. The summed E-state index contributed by atoms with van der Waals surface area (Å²) in [6.45, 7) is 8.11. The molecule has 5 heteroatoms. The van der Waals surface area contributed by atoms with Crippen molar-refractivity contribution in [3.8, 4) is 11.5 Å². The number of fused-ring (bicyclic) bond motifs is 1. The van der Waals surface area contributed by atoms with Gasteiger partial charge < -0.3 is 9.47 Å². The second-order valence-corrected chi connectivity index (χ2v) is 7.82. The summed E-state index contributed by atoms with van der Waals surface area (Å²) in [7, 11) is 0. The van der Waals surface area contributed by atoms with E-state index < -0.39 is 0 Å². The number of benzene rings is 1. The van der Waals surface area contributed by atoms with Crippen LogP contribution in [0, 0.1) is 10.8 Å². The number of ether oxygens (including phenoxy) is 2. The zero-order valence-corrected chi connectivity index (χ0v) is 13.7. The maximum Gasteiger partial charge on any atom is 0.231 e. The number of piperidine rings is 2. The number of nitrogens with zero attached hydrogens (tertiary/aromatic N) is 2. The van der Waals surface area contributed by atoms with E-state index in [1.165, 1.54) is 5.56 Å². The quantitative estimate of drug-likeness (QED) is 0.835. The number of hydrogen-bond donors (Lipinski definition) is 0. The van der Waals surface area contributed by atoms with Gasteiger partial charge in [0.2, 0.25) is 6.79 Å². The third-order valence-corrected chi connectivity index (χ3v) is 6.21. The molecule has 0 radical (unpaired) electrons. The molecule has 5 aliphatic heterocycles. The van der Waals surface area contributed by atoms with Gasteiger partial charge in [0.15, 0.2) is 11.5 Å². The molecule has 122 valence electrons. The number of carbonyl (C=O) groups excluding carboxylic acids is 1. The Morgan fingerprint density at radius 2 is 1.83 bits per heavy atom. The highest BCUT2D eigenvalue weighted by Gasteiger charge is 2.63. The van der Waals surface area contributed by atoms with Gasteiger partial charge in [0, 0.05) is 26.2 Å². The number of hydrogen-bond acceptors (Lipinski definition) is 5. The van der Waals surface area contributed by atoms with E-state index in [4.69, 9.17) is 9.47 Å². The Hall–Kier alpha value is -1.59. The topological polar surface area (TPSA) is 42.0 Å². The Balaban J connectivity index is 1.54. The fourth-order valence-electron chi connectivity index (χ4n) is 5.27. The molecule has 6 rings (SSSR count). The smallest absolute Gasteiger partial charge is 0.231 e. The van der Waals surface area contributed by atoms with Crippen molar-refractivity contribution < 1.29 is 14.3 Å². The lowest BCUT2D eigenvalue weighted by molar-refractivity contribution is -0.200. The molecule has 2 atom stereocenters. The molecule has 0 N–H and O–H groups in total. The Morgan fingerprint density at radius 3 is 2.52 bits per heavy atom. The first-order chi connectivity index (χ1) is 11.0. The molecule has 4 saturated heterocycles. The summed E-state index contributed by atoms with van der Waals surface area (Å²) in [5.41, 5.74) is 0.868. The van der Waals surface area contributed by atoms with Gasteiger partial charge in [-0.25, -0.2) is 0 Å². The van der Waals surface area contributed by atoms with E-state index in [2.05, 4.69) is 35.8 Å². The van der Waals surface area contributed by atoms with Crippen molar-refractivity contribution in [3.05, 3.63) is 23.8 Å². The van der Waals surface area contributed by atoms with Crippen LogP contribution in [0.5, 0.6) is 11.5 Å². The highest BCUT2D eigenvalue weighted by molar-refractivity contribution is 5.93. The van der Waals surface area contributed by atoms with Crippen LogP contribution in [0.1, 0.15) is 32.0 Å². The zero-order chi connectivity index (χ0) is 15.8. The van der Waals surface area contributed by atoms with Crippen molar-refractivity contribution in [2.45, 2.75) is 26.4 Å². The number of Topliss-reactive ketones (excluding diaryl/α,β-unsaturated/α-hetero) is 1. The molecule has 5 aliphatic rings. The molecule has 1 aromatic carbocycles. The van der Waals surface area contributed by atoms with Crippen LogP contribution in [-0.4, -0.2) is 48.6 Å². The van der Waals surface area contributed by atoms with E-state index in [0.717, 1.165) is 44.1 Å². The summed E-state index contributed by atoms with van der Waals surface area (Å²) in [5, 5.41) is 0. The van der Waals surface area contributed by atoms with Crippen LogP contribution in [-0.2, 0) is 4.79 Å². The number of carbonyl (C=O) groups is 1. The van der Waals surface area contributed by atoms with Gasteiger partial charge in [-0.15, -0.1) is 0 Å². The van der Waals surface area contributed by atoms with Gasteiger partial charge in [0.05, 0.1) is 17.0 Å². The lowest BCUT2D eigenvalue weighted by Crippen LogP contribution is -2.75. The Kier molecular flexibility index (Phi) is 2.57. The Morgan fingerprint density at radius 1 is 1.13 bits per heavy atom. The third-order valence-electron chi connectivity index (χ3n) is 6.21. The van der Waals surface area contributed by atoms with Crippen LogP contribution >= 0.6 is 0 Å². The van der Waals surface area contributed by atoms with Crippen LogP contribution in [0.2, 0.25) is 0 Å². The minimum atomic E-state index is -0.209. The molecule has 4 fully saturated rings. The van der Waals surface area contributed by atoms with E-state index in [0.29, 0.717) is 12.6 Å². The summed E-state index contributed by atoms with van der Waals surface area (Å²) in [4.78, 5) is 17.9. The molecule has 5 heterocycles. The molecular weight excluding hydrogens is 292 g/mol.